The highest BCUT2D eigenvalue weighted by Crippen LogP contribution is 2.53. The van der Waals surface area contributed by atoms with Crippen LogP contribution in [0.2, 0.25) is 5.02 Å². The van der Waals surface area contributed by atoms with Crippen molar-refractivity contribution >= 4 is 80.5 Å². The molecule has 2 N–H and O–H groups in total. The van der Waals surface area contributed by atoms with E-state index in [0.717, 1.165) is 40.9 Å². The van der Waals surface area contributed by atoms with Gasteiger partial charge in [0.2, 0.25) is 10.7 Å². The molecule has 352 valence electrons. The quantitative estimate of drug-likeness (QED) is 0.0238. The molecule has 0 aliphatic heterocycles. The minimum atomic E-state index is -4.56. The van der Waals surface area contributed by atoms with Crippen molar-refractivity contribution in [3.63, 3.8) is 0 Å². The van der Waals surface area contributed by atoms with Gasteiger partial charge >= 0.3 is 12.1 Å². The number of H-pyrrole nitrogens is 1. The summed E-state index contributed by atoms with van der Waals surface area (Å²) in [7, 11) is 2.62. The van der Waals surface area contributed by atoms with Crippen LogP contribution in [0, 0.1) is 8.34 Å². The maximum absolute atomic E-state index is 12.7. The number of esters is 1. The number of pyridine rings is 1. The summed E-state index contributed by atoms with van der Waals surface area (Å²) in [5.74, 6) is -0.790. The number of nitrogens with zero attached hydrogens (tertiary/aromatic N) is 5. The van der Waals surface area contributed by atoms with Gasteiger partial charge in [-0.15, -0.1) is 11.6 Å². The van der Waals surface area contributed by atoms with Gasteiger partial charge in [-0.1, -0.05) is 74.0 Å². The van der Waals surface area contributed by atoms with Crippen molar-refractivity contribution in [2.24, 2.45) is 0 Å². The van der Waals surface area contributed by atoms with E-state index in [2.05, 4.69) is 42.6 Å². The highest BCUT2D eigenvalue weighted by molar-refractivity contribution is 14.1. The standard InChI is InChI=1S/C18H16F3NO4.C14H15Cl2N3OS.C14H17IN2O2/c1-24-11-14(17(23)25-2)13-7-4-3-6-12(13)10-26-16-9-5-8-15(22-16)18(19,20)21;15-11-4-2-1-3-10(11)7-14(20,13(16)5-6-13)8-19-12(21)17-9-18-19;1-3-7-17-13(18)11-9-10(15)5-6-12(11)16-14(17)19-8-4-2/h3-9,11H,10H2,1-2H3;1-4,9,20H,5-8H2,(H,17,18,21);5-6,9H,3-4,7-8H2,1-2H3/b14-11+;;. The molecule has 1 atom stereocenters. The molecule has 0 spiro atoms. The minimum absolute atomic E-state index is 0.0172. The number of halogens is 6. The number of ether oxygens (including phenoxy) is 4. The van der Waals surface area contributed by atoms with Crippen LogP contribution >= 0.6 is 58.0 Å². The number of carbonyl (C=O) groups excluding carboxylic acids is 1. The van der Waals surface area contributed by atoms with Crippen LogP contribution in [-0.2, 0) is 46.6 Å². The zero-order valence-electron chi connectivity index (χ0n) is 36.4. The molecule has 1 fully saturated rings. The van der Waals surface area contributed by atoms with Gasteiger partial charge in [-0.2, -0.15) is 18.2 Å². The third kappa shape index (κ3) is 13.5. The zero-order chi connectivity index (χ0) is 48.1. The first-order valence-electron chi connectivity index (χ1n) is 20.6. The van der Waals surface area contributed by atoms with E-state index in [-0.39, 0.29) is 30.2 Å². The summed E-state index contributed by atoms with van der Waals surface area (Å²) in [5.41, 5.74) is 0.571. The second-order valence-corrected chi connectivity index (χ2v) is 17.7. The SMILES string of the molecule is CCCOc1nc2ccc(I)cc2c(=O)n1CCC.CO/C=C(/C(=O)OC)c1ccccc1COc1cccc(C(F)(F)F)n1.OC(Cc1ccccc1Cl)(Cn1[nH]cnc1=S)C1(Cl)CC1. The van der Waals surface area contributed by atoms with Gasteiger partial charge in [0.1, 0.15) is 29.8 Å². The van der Waals surface area contributed by atoms with Crippen molar-refractivity contribution < 1.29 is 42.0 Å². The van der Waals surface area contributed by atoms with Gasteiger partial charge in [-0.3, -0.25) is 19.1 Å². The van der Waals surface area contributed by atoms with Crippen LogP contribution in [0.1, 0.15) is 61.9 Å². The van der Waals surface area contributed by atoms with Crippen molar-refractivity contribution in [1.82, 2.24) is 29.3 Å². The number of carbonyl (C=O) groups is 1. The molecule has 1 aliphatic carbocycles. The molecule has 20 heteroatoms. The lowest BCUT2D eigenvalue weighted by molar-refractivity contribution is -0.141. The summed E-state index contributed by atoms with van der Waals surface area (Å²) >= 11 is 20.1. The van der Waals surface area contributed by atoms with E-state index in [9.17, 15) is 27.9 Å². The lowest BCUT2D eigenvalue weighted by Gasteiger charge is -2.33. The zero-order valence-corrected chi connectivity index (χ0v) is 40.9. The number of methoxy groups -OCH3 is 2. The van der Waals surface area contributed by atoms with Crippen LogP contribution in [0.25, 0.3) is 16.5 Å². The van der Waals surface area contributed by atoms with Crippen LogP contribution < -0.4 is 15.0 Å². The maximum atomic E-state index is 12.7. The van der Waals surface area contributed by atoms with Gasteiger partial charge in [0, 0.05) is 27.6 Å². The molecule has 0 bridgehead atoms. The molecule has 0 radical (unpaired) electrons. The molecule has 66 heavy (non-hydrogen) atoms. The number of aromatic amines is 1. The minimum Gasteiger partial charge on any atom is -0.503 e. The van der Waals surface area contributed by atoms with Gasteiger partial charge in [0.05, 0.1) is 49.4 Å². The predicted octanol–water partition coefficient (Wildman–Crippen LogP) is 10.4. The number of benzene rings is 3. The van der Waals surface area contributed by atoms with Crippen LogP contribution in [-0.4, -0.2) is 71.7 Å². The van der Waals surface area contributed by atoms with E-state index in [1.807, 2.05) is 56.3 Å². The second kappa shape index (κ2) is 23.6. The fourth-order valence-electron chi connectivity index (χ4n) is 6.60. The first kappa shape index (κ1) is 52.0. The molecule has 3 aromatic carbocycles. The number of hydrogen-bond acceptors (Lipinski definition) is 11. The Bertz CT molecular complexity index is 2750. The lowest BCUT2D eigenvalue weighted by atomic mass is 9.89. The molecule has 1 aliphatic rings. The van der Waals surface area contributed by atoms with E-state index in [1.165, 1.54) is 38.9 Å². The topological polar surface area (TPSA) is 156 Å². The molecule has 3 aromatic heterocycles. The molecule has 0 saturated heterocycles. The summed E-state index contributed by atoms with van der Waals surface area (Å²) in [6, 6.07) is 23.7. The largest absolute Gasteiger partial charge is 0.503 e. The van der Waals surface area contributed by atoms with Crippen molar-refractivity contribution in [3.8, 4) is 11.9 Å². The Morgan fingerprint density at radius 3 is 2.32 bits per heavy atom. The highest BCUT2D eigenvalue weighted by atomic mass is 127. The fourth-order valence-corrected chi connectivity index (χ4v) is 7.69. The van der Waals surface area contributed by atoms with Crippen molar-refractivity contribution in [2.75, 3.05) is 20.8 Å². The van der Waals surface area contributed by atoms with E-state index < -0.39 is 28.3 Å². The summed E-state index contributed by atoms with van der Waals surface area (Å²) in [6.07, 6.45) is 1.87. The Kier molecular flexibility index (Phi) is 18.6. The summed E-state index contributed by atoms with van der Waals surface area (Å²) in [4.78, 5) is 35.7. The number of hydrogen-bond donors (Lipinski definition) is 2. The molecule has 7 rings (SSSR count). The number of aliphatic hydroxyl groups is 1. The van der Waals surface area contributed by atoms with Gasteiger partial charge in [-0.05, 0) is 108 Å². The Hall–Kier alpha value is -5.02. The van der Waals surface area contributed by atoms with Gasteiger partial charge in [0.15, 0.2) is 0 Å². The van der Waals surface area contributed by atoms with E-state index in [1.54, 1.807) is 33.5 Å². The lowest BCUT2D eigenvalue weighted by Crippen LogP contribution is -2.47. The summed E-state index contributed by atoms with van der Waals surface area (Å²) < 4.78 is 63.5. The fraction of sp³-hybridized carbons (Fsp3) is 0.348. The molecule has 0 amide bonds. The Balaban J connectivity index is 0.000000188. The number of fused-ring (bicyclic) bond motifs is 1. The molecule has 1 saturated carbocycles. The smallest absolute Gasteiger partial charge is 0.433 e. The number of rotatable bonds is 16. The highest BCUT2D eigenvalue weighted by Gasteiger charge is 2.58. The predicted molar refractivity (Wildman–Crippen MR) is 257 cm³/mol. The van der Waals surface area contributed by atoms with Crippen molar-refractivity contribution in [2.45, 2.75) is 82.3 Å². The normalized spacial score (nSPS) is 13.9. The first-order valence-corrected chi connectivity index (χ1v) is 22.9. The summed E-state index contributed by atoms with van der Waals surface area (Å²) in [6.45, 7) is 5.45. The van der Waals surface area contributed by atoms with Crippen LogP contribution in [0.3, 0.4) is 0 Å². The molecule has 13 nitrogen and oxygen atoms in total. The maximum Gasteiger partial charge on any atom is 0.433 e. The average Bonchev–Trinajstić information content (AvgIpc) is 3.95. The second-order valence-electron chi connectivity index (χ2n) is 14.9. The Labute approximate surface area is 408 Å². The van der Waals surface area contributed by atoms with Crippen molar-refractivity contribution in [1.29, 1.82) is 0 Å². The van der Waals surface area contributed by atoms with E-state index >= 15 is 0 Å². The molecular formula is C46H48Cl2F3IN6O7S. The van der Waals surface area contributed by atoms with Gasteiger partial charge < -0.3 is 24.1 Å². The molecule has 1 unspecified atom stereocenters. The van der Waals surface area contributed by atoms with Gasteiger partial charge in [-0.25, -0.2) is 14.8 Å². The number of alkyl halides is 4. The molecular weight excluding hydrogens is 1040 g/mol. The molecule has 3 heterocycles. The van der Waals surface area contributed by atoms with E-state index in [0.29, 0.717) is 57.4 Å². The third-order valence-corrected chi connectivity index (χ3v) is 12.2. The van der Waals surface area contributed by atoms with Crippen LogP contribution in [0.4, 0.5) is 13.2 Å². The summed E-state index contributed by atoms with van der Waals surface area (Å²) in [5, 5.41) is 15.4. The third-order valence-electron chi connectivity index (χ3n) is 10.1. The van der Waals surface area contributed by atoms with E-state index in [4.69, 9.17) is 54.4 Å². The Morgan fingerprint density at radius 2 is 1.70 bits per heavy atom. The van der Waals surface area contributed by atoms with Crippen LogP contribution in [0.5, 0.6) is 11.9 Å². The molecule has 6 aromatic rings. The van der Waals surface area contributed by atoms with Gasteiger partial charge in [0.25, 0.3) is 11.6 Å². The first-order chi connectivity index (χ1) is 31.5. The average molecular weight is 1080 g/mol. The van der Waals surface area contributed by atoms with Crippen LogP contribution in [0.15, 0.2) is 102 Å². The number of nitrogens with one attached hydrogen (secondary N) is 1. The van der Waals surface area contributed by atoms with Crippen molar-refractivity contribution in [3.05, 3.63) is 144 Å². The monoisotopic (exact) mass is 1080 g/mol. The number of aromatic nitrogens is 6. The Morgan fingerprint density at radius 1 is 0.985 bits per heavy atom.